The number of pyridine rings is 1. The Balaban J connectivity index is 2.02. The van der Waals surface area contributed by atoms with Crippen LogP contribution in [0.1, 0.15) is 44.2 Å². The second kappa shape index (κ2) is 6.56. The fourth-order valence-corrected chi connectivity index (χ4v) is 3.22. The molecule has 5 nitrogen and oxygen atoms in total. The van der Waals surface area contributed by atoms with E-state index in [1.54, 1.807) is 6.07 Å². The number of aryl methyl sites for hydroxylation is 1. The number of amides is 1. The lowest BCUT2D eigenvalue weighted by Gasteiger charge is -2.26. The van der Waals surface area contributed by atoms with E-state index in [1.165, 1.54) is 0 Å². The minimum absolute atomic E-state index is 0.0627. The van der Waals surface area contributed by atoms with E-state index in [4.69, 9.17) is 5.11 Å². The number of rotatable bonds is 5. The van der Waals surface area contributed by atoms with Gasteiger partial charge in [-0.25, -0.2) is 4.98 Å². The van der Waals surface area contributed by atoms with Crippen molar-refractivity contribution < 1.29 is 14.7 Å². The molecule has 0 aromatic carbocycles. The molecule has 2 rings (SSSR count). The van der Waals surface area contributed by atoms with Crippen molar-refractivity contribution in [2.75, 3.05) is 5.32 Å². The zero-order valence-electron chi connectivity index (χ0n) is 12.0. The fourth-order valence-electron chi connectivity index (χ4n) is 3.00. The van der Waals surface area contributed by atoms with E-state index in [0.717, 1.165) is 35.8 Å². The number of hydrogen-bond acceptors (Lipinski definition) is 3. The Labute approximate surface area is 132 Å². The van der Waals surface area contributed by atoms with E-state index >= 15 is 0 Å². The normalized spacial score (nSPS) is 16.7. The molecule has 1 amide bonds. The van der Waals surface area contributed by atoms with Gasteiger partial charge < -0.3 is 10.4 Å². The quantitative estimate of drug-likeness (QED) is 0.847. The van der Waals surface area contributed by atoms with Gasteiger partial charge in [-0.05, 0) is 53.2 Å². The van der Waals surface area contributed by atoms with Gasteiger partial charge in [-0.3, -0.25) is 9.59 Å². The molecule has 1 saturated carbocycles. The van der Waals surface area contributed by atoms with Gasteiger partial charge in [0.2, 0.25) is 5.91 Å². The standard InChI is InChI=1S/C15H19BrN2O3/c1-10-11(16)4-5-12(17-10)18-13(19)8-15(9-14(20)21)6-2-3-7-15/h4-5H,2-3,6-9H2,1H3,(H,20,21)(H,17,18,19). The summed E-state index contributed by atoms with van der Waals surface area (Å²) in [5, 5.41) is 11.8. The van der Waals surface area contributed by atoms with Gasteiger partial charge in [0.05, 0.1) is 12.1 Å². The molecule has 0 atom stereocenters. The highest BCUT2D eigenvalue weighted by Crippen LogP contribution is 2.44. The number of carboxylic acid groups (broad SMARTS) is 1. The summed E-state index contributed by atoms with van der Waals surface area (Å²) in [4.78, 5) is 27.5. The van der Waals surface area contributed by atoms with Gasteiger partial charge in [0.15, 0.2) is 0 Å². The maximum absolute atomic E-state index is 12.2. The zero-order valence-corrected chi connectivity index (χ0v) is 13.6. The lowest BCUT2D eigenvalue weighted by atomic mass is 9.79. The third kappa shape index (κ3) is 4.27. The molecule has 0 spiro atoms. The molecule has 0 saturated heterocycles. The Kier molecular flexibility index (Phi) is 4.98. The van der Waals surface area contributed by atoms with Crippen molar-refractivity contribution >= 4 is 33.6 Å². The van der Waals surface area contributed by atoms with Crippen molar-refractivity contribution in [1.82, 2.24) is 4.98 Å². The monoisotopic (exact) mass is 354 g/mol. The average Bonchev–Trinajstić information content (AvgIpc) is 2.80. The number of aliphatic carboxylic acids is 1. The van der Waals surface area contributed by atoms with Crippen molar-refractivity contribution in [3.8, 4) is 0 Å². The average molecular weight is 355 g/mol. The van der Waals surface area contributed by atoms with E-state index in [0.29, 0.717) is 5.82 Å². The number of carbonyl (C=O) groups is 2. The molecule has 1 aromatic heterocycles. The third-order valence-electron chi connectivity index (χ3n) is 4.01. The van der Waals surface area contributed by atoms with Crippen molar-refractivity contribution in [2.24, 2.45) is 5.41 Å². The molecule has 1 heterocycles. The summed E-state index contributed by atoms with van der Waals surface area (Å²) >= 11 is 3.36. The Bertz CT molecular complexity index is 554. The summed E-state index contributed by atoms with van der Waals surface area (Å²) < 4.78 is 0.888. The first kappa shape index (κ1) is 15.9. The molecule has 114 valence electrons. The summed E-state index contributed by atoms with van der Waals surface area (Å²) in [5.74, 6) is -0.487. The van der Waals surface area contributed by atoms with E-state index in [2.05, 4.69) is 26.2 Å². The van der Waals surface area contributed by atoms with Crippen LogP contribution in [0.5, 0.6) is 0 Å². The molecule has 0 aliphatic heterocycles. The maximum atomic E-state index is 12.2. The van der Waals surface area contributed by atoms with Gasteiger partial charge >= 0.3 is 5.97 Å². The maximum Gasteiger partial charge on any atom is 0.303 e. The van der Waals surface area contributed by atoms with Gasteiger partial charge in [0.1, 0.15) is 5.82 Å². The van der Waals surface area contributed by atoms with Crippen LogP contribution in [0.15, 0.2) is 16.6 Å². The highest BCUT2D eigenvalue weighted by Gasteiger charge is 2.38. The Hall–Kier alpha value is -1.43. The SMILES string of the molecule is Cc1nc(NC(=O)CC2(CC(=O)O)CCCC2)ccc1Br. The molecular formula is C15H19BrN2O3. The molecule has 0 unspecified atom stereocenters. The lowest BCUT2D eigenvalue weighted by molar-refractivity contribution is -0.140. The van der Waals surface area contributed by atoms with Crippen molar-refractivity contribution in [3.63, 3.8) is 0 Å². The van der Waals surface area contributed by atoms with Crippen LogP contribution < -0.4 is 5.32 Å². The predicted octanol–water partition coefficient (Wildman–Crippen LogP) is 3.52. The first-order valence-electron chi connectivity index (χ1n) is 7.05. The predicted molar refractivity (Wildman–Crippen MR) is 83.1 cm³/mol. The minimum atomic E-state index is -0.831. The van der Waals surface area contributed by atoms with Crippen LogP contribution in [-0.4, -0.2) is 22.0 Å². The number of nitrogens with zero attached hydrogens (tertiary/aromatic N) is 1. The largest absolute Gasteiger partial charge is 0.481 e. The third-order valence-corrected chi connectivity index (χ3v) is 4.85. The van der Waals surface area contributed by atoms with Crippen LogP contribution in [0.25, 0.3) is 0 Å². The highest BCUT2D eigenvalue weighted by molar-refractivity contribution is 9.10. The number of carbonyl (C=O) groups excluding carboxylic acids is 1. The number of carboxylic acids is 1. The summed E-state index contributed by atoms with van der Waals surface area (Å²) in [6.07, 6.45) is 3.91. The van der Waals surface area contributed by atoms with Crippen LogP contribution in [0.3, 0.4) is 0 Å². The molecule has 0 bridgehead atoms. The Morgan fingerprint density at radius 2 is 2.00 bits per heavy atom. The number of nitrogens with one attached hydrogen (secondary N) is 1. The van der Waals surface area contributed by atoms with E-state index < -0.39 is 5.97 Å². The topological polar surface area (TPSA) is 79.3 Å². The van der Waals surface area contributed by atoms with Crippen LogP contribution in [0.4, 0.5) is 5.82 Å². The highest BCUT2D eigenvalue weighted by atomic mass is 79.9. The summed E-state index contributed by atoms with van der Waals surface area (Å²) in [6, 6.07) is 3.56. The summed E-state index contributed by atoms with van der Waals surface area (Å²) in [5.41, 5.74) is 0.411. The van der Waals surface area contributed by atoms with Crippen LogP contribution in [0, 0.1) is 12.3 Å². The summed E-state index contributed by atoms with van der Waals surface area (Å²) in [7, 11) is 0. The molecular weight excluding hydrogens is 336 g/mol. The Morgan fingerprint density at radius 1 is 1.33 bits per heavy atom. The Morgan fingerprint density at radius 3 is 2.57 bits per heavy atom. The van der Waals surface area contributed by atoms with E-state index in [9.17, 15) is 9.59 Å². The molecule has 1 aromatic rings. The first-order valence-corrected chi connectivity index (χ1v) is 7.84. The zero-order chi connectivity index (χ0) is 15.5. The van der Waals surface area contributed by atoms with E-state index in [-0.39, 0.29) is 24.2 Å². The number of halogens is 1. The molecule has 0 radical (unpaired) electrons. The molecule has 6 heteroatoms. The summed E-state index contributed by atoms with van der Waals surface area (Å²) in [6.45, 7) is 1.85. The second-order valence-corrected chi connectivity index (χ2v) is 6.62. The lowest BCUT2D eigenvalue weighted by Crippen LogP contribution is -2.28. The molecule has 1 aliphatic rings. The van der Waals surface area contributed by atoms with E-state index in [1.807, 2.05) is 13.0 Å². The fraction of sp³-hybridized carbons (Fsp3) is 0.533. The van der Waals surface area contributed by atoms with Gasteiger partial charge in [-0.15, -0.1) is 0 Å². The van der Waals surface area contributed by atoms with Gasteiger partial charge in [0.25, 0.3) is 0 Å². The molecule has 1 aliphatic carbocycles. The van der Waals surface area contributed by atoms with Crippen LogP contribution in [-0.2, 0) is 9.59 Å². The smallest absolute Gasteiger partial charge is 0.303 e. The van der Waals surface area contributed by atoms with Crippen LogP contribution in [0.2, 0.25) is 0 Å². The number of hydrogen-bond donors (Lipinski definition) is 2. The molecule has 1 fully saturated rings. The van der Waals surface area contributed by atoms with Crippen molar-refractivity contribution in [2.45, 2.75) is 45.4 Å². The molecule has 2 N–H and O–H groups in total. The minimum Gasteiger partial charge on any atom is -0.481 e. The number of anilines is 1. The first-order chi connectivity index (χ1) is 9.90. The van der Waals surface area contributed by atoms with Crippen molar-refractivity contribution in [1.29, 1.82) is 0 Å². The van der Waals surface area contributed by atoms with Gasteiger partial charge in [-0.2, -0.15) is 0 Å². The van der Waals surface area contributed by atoms with Crippen LogP contribution >= 0.6 is 15.9 Å². The van der Waals surface area contributed by atoms with Gasteiger partial charge in [0, 0.05) is 10.9 Å². The van der Waals surface area contributed by atoms with Crippen molar-refractivity contribution in [3.05, 3.63) is 22.3 Å². The second-order valence-electron chi connectivity index (χ2n) is 5.77. The molecule has 21 heavy (non-hydrogen) atoms. The van der Waals surface area contributed by atoms with Gasteiger partial charge in [-0.1, -0.05) is 12.8 Å². The number of aromatic nitrogens is 1.